The van der Waals surface area contributed by atoms with Crippen molar-refractivity contribution >= 4 is 23.1 Å². The first-order valence-corrected chi connectivity index (χ1v) is 7.60. The molecular formula is C17H19N7. The summed E-state index contributed by atoms with van der Waals surface area (Å²) in [5, 5.41) is 6.31. The van der Waals surface area contributed by atoms with Gasteiger partial charge in [0, 0.05) is 42.4 Å². The van der Waals surface area contributed by atoms with E-state index in [1.807, 2.05) is 42.5 Å². The molecule has 3 aromatic rings. The number of nitrogens with one attached hydrogen (secondary N) is 2. The summed E-state index contributed by atoms with van der Waals surface area (Å²) in [6.45, 7) is 1.22. The number of nitrogens with zero attached hydrogens (tertiary/aromatic N) is 3. The van der Waals surface area contributed by atoms with Gasteiger partial charge in [-0.2, -0.15) is 0 Å². The minimum atomic E-state index is 0.506. The fourth-order valence-electron chi connectivity index (χ4n) is 2.21. The molecule has 0 aliphatic carbocycles. The molecule has 3 rings (SSSR count). The molecule has 0 radical (unpaired) electrons. The van der Waals surface area contributed by atoms with Gasteiger partial charge in [-0.15, -0.1) is 0 Å². The van der Waals surface area contributed by atoms with E-state index >= 15 is 0 Å². The van der Waals surface area contributed by atoms with Crippen LogP contribution in [0.1, 0.15) is 0 Å². The van der Waals surface area contributed by atoms with Crippen LogP contribution in [0.25, 0.3) is 11.3 Å². The molecule has 2 aromatic heterocycles. The van der Waals surface area contributed by atoms with Crippen LogP contribution in [-0.2, 0) is 0 Å². The SMILES string of the molecule is NCCNc1cc(-c2ccnc(Nc3cccc(N)c3)n2)ccn1. The van der Waals surface area contributed by atoms with Crippen molar-refractivity contribution in [2.24, 2.45) is 5.73 Å². The van der Waals surface area contributed by atoms with Crippen LogP contribution in [0.15, 0.2) is 54.9 Å². The van der Waals surface area contributed by atoms with Crippen LogP contribution in [0.2, 0.25) is 0 Å². The maximum atomic E-state index is 5.79. The summed E-state index contributed by atoms with van der Waals surface area (Å²) >= 11 is 0. The van der Waals surface area contributed by atoms with Crippen molar-refractivity contribution in [2.45, 2.75) is 0 Å². The van der Waals surface area contributed by atoms with Crippen molar-refractivity contribution in [1.82, 2.24) is 15.0 Å². The summed E-state index contributed by atoms with van der Waals surface area (Å²) in [4.78, 5) is 13.1. The summed E-state index contributed by atoms with van der Waals surface area (Å²) in [6, 6.07) is 13.1. The molecule has 0 saturated heterocycles. The number of rotatable bonds is 6. The van der Waals surface area contributed by atoms with E-state index in [0.717, 1.165) is 22.8 Å². The number of hydrogen-bond donors (Lipinski definition) is 4. The average molecular weight is 321 g/mol. The molecule has 0 spiro atoms. The second-order valence-electron chi connectivity index (χ2n) is 5.16. The second kappa shape index (κ2) is 7.38. The molecule has 0 unspecified atom stereocenters. The van der Waals surface area contributed by atoms with Crippen molar-refractivity contribution in [2.75, 3.05) is 29.5 Å². The van der Waals surface area contributed by atoms with Crippen molar-refractivity contribution in [3.05, 3.63) is 54.9 Å². The first-order valence-electron chi connectivity index (χ1n) is 7.60. The Morgan fingerprint density at radius 3 is 2.71 bits per heavy atom. The van der Waals surface area contributed by atoms with Crippen LogP contribution in [0, 0.1) is 0 Å². The average Bonchev–Trinajstić information content (AvgIpc) is 2.60. The minimum absolute atomic E-state index is 0.506. The van der Waals surface area contributed by atoms with Gasteiger partial charge in [0.1, 0.15) is 5.82 Å². The highest BCUT2D eigenvalue weighted by Crippen LogP contribution is 2.21. The van der Waals surface area contributed by atoms with Crippen molar-refractivity contribution in [1.29, 1.82) is 0 Å². The molecule has 0 aliphatic rings. The maximum Gasteiger partial charge on any atom is 0.227 e. The molecule has 2 heterocycles. The molecule has 122 valence electrons. The summed E-state index contributed by atoms with van der Waals surface area (Å²) in [5.74, 6) is 1.27. The molecule has 0 aliphatic heterocycles. The van der Waals surface area contributed by atoms with Crippen LogP contribution in [0.3, 0.4) is 0 Å². The van der Waals surface area contributed by atoms with Crippen molar-refractivity contribution in [3.8, 4) is 11.3 Å². The van der Waals surface area contributed by atoms with Gasteiger partial charge in [0.05, 0.1) is 5.69 Å². The molecule has 0 saturated carbocycles. The Labute approximate surface area is 140 Å². The number of anilines is 4. The lowest BCUT2D eigenvalue weighted by Gasteiger charge is -2.08. The van der Waals surface area contributed by atoms with Gasteiger partial charge in [0.2, 0.25) is 5.95 Å². The molecule has 7 nitrogen and oxygen atoms in total. The topological polar surface area (TPSA) is 115 Å². The fraction of sp³-hybridized carbons (Fsp3) is 0.118. The van der Waals surface area contributed by atoms with Gasteiger partial charge in [-0.3, -0.25) is 0 Å². The van der Waals surface area contributed by atoms with Gasteiger partial charge in [0.15, 0.2) is 0 Å². The maximum absolute atomic E-state index is 5.79. The molecule has 7 heteroatoms. The monoisotopic (exact) mass is 321 g/mol. The second-order valence-corrected chi connectivity index (χ2v) is 5.16. The predicted molar refractivity (Wildman–Crippen MR) is 96.9 cm³/mol. The van der Waals surface area contributed by atoms with E-state index in [9.17, 15) is 0 Å². The smallest absolute Gasteiger partial charge is 0.227 e. The van der Waals surface area contributed by atoms with E-state index in [-0.39, 0.29) is 0 Å². The van der Waals surface area contributed by atoms with Gasteiger partial charge in [-0.1, -0.05) is 6.07 Å². The third-order valence-corrected chi connectivity index (χ3v) is 3.30. The Balaban J connectivity index is 1.82. The number of hydrogen-bond acceptors (Lipinski definition) is 7. The summed E-state index contributed by atoms with van der Waals surface area (Å²) < 4.78 is 0. The Kier molecular flexibility index (Phi) is 4.83. The van der Waals surface area contributed by atoms with Crippen LogP contribution < -0.4 is 22.1 Å². The van der Waals surface area contributed by atoms with E-state index in [4.69, 9.17) is 11.5 Å². The zero-order chi connectivity index (χ0) is 16.8. The minimum Gasteiger partial charge on any atom is -0.399 e. The lowest BCUT2D eigenvalue weighted by molar-refractivity contribution is 1.01. The first-order chi connectivity index (χ1) is 11.7. The zero-order valence-corrected chi connectivity index (χ0v) is 13.1. The van der Waals surface area contributed by atoms with E-state index in [2.05, 4.69) is 25.6 Å². The first kappa shape index (κ1) is 15.7. The summed E-state index contributed by atoms with van der Waals surface area (Å²) in [6.07, 6.45) is 3.45. The number of aromatic nitrogens is 3. The van der Waals surface area contributed by atoms with Crippen molar-refractivity contribution in [3.63, 3.8) is 0 Å². The highest BCUT2D eigenvalue weighted by Gasteiger charge is 2.05. The number of benzene rings is 1. The molecule has 1 aromatic carbocycles. The fourth-order valence-corrected chi connectivity index (χ4v) is 2.21. The largest absolute Gasteiger partial charge is 0.399 e. The highest BCUT2D eigenvalue weighted by molar-refractivity contribution is 5.65. The van der Waals surface area contributed by atoms with Gasteiger partial charge >= 0.3 is 0 Å². The van der Waals surface area contributed by atoms with Crippen LogP contribution in [0.5, 0.6) is 0 Å². The van der Waals surface area contributed by atoms with E-state index in [1.54, 1.807) is 12.4 Å². The van der Waals surface area contributed by atoms with E-state index in [1.165, 1.54) is 0 Å². The molecule has 0 fully saturated rings. The molecule has 0 atom stereocenters. The third kappa shape index (κ3) is 3.96. The van der Waals surface area contributed by atoms with Crippen LogP contribution in [-0.4, -0.2) is 28.0 Å². The lowest BCUT2D eigenvalue weighted by Crippen LogP contribution is -2.13. The van der Waals surface area contributed by atoms with Crippen LogP contribution >= 0.6 is 0 Å². The summed E-state index contributed by atoms with van der Waals surface area (Å²) in [5.41, 5.74) is 14.6. The Morgan fingerprint density at radius 1 is 1.00 bits per heavy atom. The zero-order valence-electron chi connectivity index (χ0n) is 13.1. The molecule has 6 N–H and O–H groups in total. The Bertz CT molecular complexity index is 819. The number of pyridine rings is 1. The Morgan fingerprint density at radius 2 is 1.88 bits per heavy atom. The molecule has 24 heavy (non-hydrogen) atoms. The highest BCUT2D eigenvalue weighted by atomic mass is 15.1. The standard InChI is InChI=1S/C17H19N7/c18-6-9-21-16-10-12(4-7-20-16)15-5-8-22-17(24-15)23-14-3-1-2-13(19)11-14/h1-5,7-8,10-11H,6,9,18-19H2,(H,20,21)(H,22,23,24). The lowest BCUT2D eigenvalue weighted by atomic mass is 10.2. The normalized spacial score (nSPS) is 10.4. The van der Waals surface area contributed by atoms with Crippen LogP contribution in [0.4, 0.5) is 23.1 Å². The van der Waals surface area contributed by atoms with Crippen molar-refractivity contribution < 1.29 is 0 Å². The van der Waals surface area contributed by atoms with Gasteiger partial charge in [0.25, 0.3) is 0 Å². The van der Waals surface area contributed by atoms with Gasteiger partial charge < -0.3 is 22.1 Å². The predicted octanol–water partition coefficient (Wildman–Crippen LogP) is 2.23. The number of nitrogens with two attached hydrogens (primary N) is 2. The number of nitrogen functional groups attached to an aromatic ring is 1. The quantitative estimate of drug-likeness (QED) is 0.515. The van der Waals surface area contributed by atoms with Gasteiger partial charge in [-0.25, -0.2) is 15.0 Å². The third-order valence-electron chi connectivity index (χ3n) is 3.30. The molecule has 0 bridgehead atoms. The van der Waals surface area contributed by atoms with Gasteiger partial charge in [-0.05, 0) is 36.4 Å². The van der Waals surface area contributed by atoms with E-state index in [0.29, 0.717) is 24.7 Å². The molecular weight excluding hydrogens is 302 g/mol. The Hall–Kier alpha value is -3.19. The molecule has 0 amide bonds. The van der Waals surface area contributed by atoms with E-state index < -0.39 is 0 Å². The summed E-state index contributed by atoms with van der Waals surface area (Å²) in [7, 11) is 0.